The number of fused-ring (bicyclic) bond motifs is 2. The van der Waals surface area contributed by atoms with Crippen molar-refractivity contribution < 1.29 is 28.5 Å². The standard InChI is InChI=1S/C29H28N2O7S/c1-5-12-36-20-11-9-19(15-23(20)34-6-2)26-25(28(33)35-7-3)17(4)30-29-31(26)27(32)24(39-29)14-18-8-10-21-22(13-18)38-16-37-21/h5,8-11,13-15,26H,1,6-7,12,16H2,2-4H3/b24-14-/t26-/m0/s1. The summed E-state index contributed by atoms with van der Waals surface area (Å²) in [4.78, 5) is 32.2. The number of benzene rings is 2. The maximum atomic E-state index is 13.9. The number of carbonyl (C=O) groups excluding carboxylic acids is 1. The van der Waals surface area contributed by atoms with E-state index in [4.69, 9.17) is 23.7 Å². The SMILES string of the molecule is C=CCOc1ccc([C@H]2C(C(=O)OCC)=C(C)N=c3s/c(=C\c4ccc5c(c4)OCO5)c(=O)n32)cc1OCC. The topological polar surface area (TPSA) is 97.6 Å². The van der Waals surface area contributed by atoms with Crippen molar-refractivity contribution in [1.29, 1.82) is 0 Å². The summed E-state index contributed by atoms with van der Waals surface area (Å²) < 4.78 is 29.9. The number of thiazole rings is 1. The quantitative estimate of drug-likeness (QED) is 0.298. The first-order valence-electron chi connectivity index (χ1n) is 12.5. The number of hydrogen-bond donors (Lipinski definition) is 0. The average molecular weight is 549 g/mol. The van der Waals surface area contributed by atoms with Gasteiger partial charge in [0, 0.05) is 0 Å². The zero-order chi connectivity index (χ0) is 27.5. The van der Waals surface area contributed by atoms with E-state index < -0.39 is 12.0 Å². The molecule has 1 atom stereocenters. The molecule has 2 aromatic carbocycles. The molecule has 202 valence electrons. The van der Waals surface area contributed by atoms with Crippen LogP contribution >= 0.6 is 11.3 Å². The maximum absolute atomic E-state index is 13.9. The molecule has 0 amide bonds. The number of hydrogen-bond acceptors (Lipinski definition) is 9. The molecule has 2 aliphatic rings. The number of allylic oxidation sites excluding steroid dienone is 1. The van der Waals surface area contributed by atoms with Crippen molar-refractivity contribution in [3.63, 3.8) is 0 Å². The molecule has 0 unspecified atom stereocenters. The molecule has 5 rings (SSSR count). The van der Waals surface area contributed by atoms with Crippen LogP contribution in [0.4, 0.5) is 0 Å². The normalized spacial score (nSPS) is 16.0. The number of ether oxygens (including phenoxy) is 5. The fraction of sp³-hybridized carbons (Fsp3) is 0.276. The van der Waals surface area contributed by atoms with E-state index >= 15 is 0 Å². The van der Waals surface area contributed by atoms with Gasteiger partial charge in [-0.25, -0.2) is 9.79 Å². The van der Waals surface area contributed by atoms with Crippen LogP contribution in [-0.4, -0.2) is 37.1 Å². The van der Waals surface area contributed by atoms with Crippen LogP contribution in [0.5, 0.6) is 23.0 Å². The van der Waals surface area contributed by atoms with Gasteiger partial charge in [0.25, 0.3) is 5.56 Å². The summed E-state index contributed by atoms with van der Waals surface area (Å²) in [5.74, 6) is 1.79. The molecule has 0 saturated carbocycles. The van der Waals surface area contributed by atoms with Crippen LogP contribution in [0.3, 0.4) is 0 Å². The molecule has 1 aromatic heterocycles. The van der Waals surface area contributed by atoms with Crippen molar-refractivity contribution in [3.05, 3.63) is 91.1 Å². The molecular formula is C29H28N2O7S. The van der Waals surface area contributed by atoms with Gasteiger partial charge in [-0.2, -0.15) is 0 Å². The number of aromatic nitrogens is 1. The number of carbonyl (C=O) groups is 1. The van der Waals surface area contributed by atoms with Gasteiger partial charge < -0.3 is 23.7 Å². The Labute approximate surface area is 228 Å². The van der Waals surface area contributed by atoms with E-state index in [1.807, 2.05) is 31.2 Å². The van der Waals surface area contributed by atoms with Gasteiger partial charge in [0.2, 0.25) is 6.79 Å². The van der Waals surface area contributed by atoms with Gasteiger partial charge in [0.15, 0.2) is 27.8 Å². The van der Waals surface area contributed by atoms with E-state index in [1.165, 1.54) is 15.9 Å². The predicted molar refractivity (Wildman–Crippen MR) is 146 cm³/mol. The van der Waals surface area contributed by atoms with Crippen LogP contribution in [0.2, 0.25) is 0 Å². The lowest BCUT2D eigenvalue weighted by Crippen LogP contribution is -2.40. The smallest absolute Gasteiger partial charge is 0.338 e. The van der Waals surface area contributed by atoms with Crippen molar-refractivity contribution in [1.82, 2.24) is 4.57 Å². The molecule has 9 nitrogen and oxygen atoms in total. The molecule has 39 heavy (non-hydrogen) atoms. The Morgan fingerprint density at radius 3 is 2.72 bits per heavy atom. The van der Waals surface area contributed by atoms with Gasteiger partial charge in [0.1, 0.15) is 6.61 Å². The van der Waals surface area contributed by atoms with Crippen molar-refractivity contribution in [2.75, 3.05) is 26.6 Å². The second-order valence-electron chi connectivity index (χ2n) is 8.65. The zero-order valence-electron chi connectivity index (χ0n) is 21.9. The van der Waals surface area contributed by atoms with Crippen LogP contribution in [-0.2, 0) is 9.53 Å². The fourth-order valence-corrected chi connectivity index (χ4v) is 5.54. The molecule has 0 saturated heterocycles. The van der Waals surface area contributed by atoms with Gasteiger partial charge in [0.05, 0.1) is 35.1 Å². The Bertz CT molecular complexity index is 1650. The van der Waals surface area contributed by atoms with Crippen LogP contribution < -0.4 is 33.8 Å². The largest absolute Gasteiger partial charge is 0.490 e. The number of nitrogens with zero attached hydrogens (tertiary/aromatic N) is 2. The maximum Gasteiger partial charge on any atom is 0.338 e. The van der Waals surface area contributed by atoms with Crippen LogP contribution in [0.25, 0.3) is 6.08 Å². The molecule has 0 bridgehead atoms. The molecule has 0 radical (unpaired) electrons. The van der Waals surface area contributed by atoms with Crippen molar-refractivity contribution in [3.8, 4) is 23.0 Å². The highest BCUT2D eigenvalue weighted by atomic mass is 32.1. The van der Waals surface area contributed by atoms with Crippen LogP contribution in [0.1, 0.15) is 37.9 Å². The summed E-state index contributed by atoms with van der Waals surface area (Å²) in [6.07, 6.45) is 3.43. The van der Waals surface area contributed by atoms with E-state index in [-0.39, 0.29) is 19.0 Å². The number of esters is 1. The summed E-state index contributed by atoms with van der Waals surface area (Å²) >= 11 is 1.25. The molecule has 0 N–H and O–H groups in total. The van der Waals surface area contributed by atoms with Crippen molar-refractivity contribution in [2.45, 2.75) is 26.8 Å². The van der Waals surface area contributed by atoms with E-state index in [1.54, 1.807) is 38.1 Å². The minimum absolute atomic E-state index is 0.165. The van der Waals surface area contributed by atoms with E-state index in [0.717, 1.165) is 5.56 Å². The second kappa shape index (κ2) is 11.2. The Balaban J connectivity index is 1.67. The molecule has 3 heterocycles. The predicted octanol–water partition coefficient (Wildman–Crippen LogP) is 3.49. The summed E-state index contributed by atoms with van der Waals surface area (Å²) in [5.41, 5.74) is 1.95. The van der Waals surface area contributed by atoms with E-state index in [2.05, 4.69) is 11.6 Å². The molecule has 0 spiro atoms. The summed E-state index contributed by atoms with van der Waals surface area (Å²) in [7, 11) is 0. The average Bonchev–Trinajstić information content (AvgIpc) is 3.51. The first-order valence-corrected chi connectivity index (χ1v) is 13.4. The first-order chi connectivity index (χ1) is 18.9. The summed E-state index contributed by atoms with van der Waals surface area (Å²) in [6, 6.07) is 10.1. The Morgan fingerprint density at radius 2 is 1.95 bits per heavy atom. The van der Waals surface area contributed by atoms with Gasteiger partial charge in [-0.3, -0.25) is 9.36 Å². The highest BCUT2D eigenvalue weighted by Crippen LogP contribution is 2.36. The summed E-state index contributed by atoms with van der Waals surface area (Å²) in [5, 5.41) is 0. The van der Waals surface area contributed by atoms with Crippen LogP contribution in [0.15, 0.2) is 70.1 Å². The lowest BCUT2D eigenvalue weighted by atomic mass is 9.95. The van der Waals surface area contributed by atoms with Gasteiger partial charge in [-0.15, -0.1) is 0 Å². The highest BCUT2D eigenvalue weighted by molar-refractivity contribution is 7.07. The molecule has 3 aromatic rings. The third-order valence-corrected chi connectivity index (χ3v) is 7.13. The van der Waals surface area contributed by atoms with Crippen LogP contribution in [0, 0.1) is 0 Å². The lowest BCUT2D eigenvalue weighted by molar-refractivity contribution is -0.139. The Hall–Kier alpha value is -4.31. The fourth-order valence-electron chi connectivity index (χ4n) is 4.49. The van der Waals surface area contributed by atoms with Gasteiger partial charge in [-0.05, 0) is 62.2 Å². The third-order valence-electron chi connectivity index (χ3n) is 6.15. The monoisotopic (exact) mass is 548 g/mol. The molecule has 10 heteroatoms. The van der Waals surface area contributed by atoms with Gasteiger partial charge >= 0.3 is 5.97 Å². The third kappa shape index (κ3) is 5.07. The number of rotatable bonds is 9. The summed E-state index contributed by atoms with van der Waals surface area (Å²) in [6.45, 7) is 10.1. The highest BCUT2D eigenvalue weighted by Gasteiger charge is 2.34. The van der Waals surface area contributed by atoms with E-state index in [9.17, 15) is 9.59 Å². The molecule has 0 fully saturated rings. The molecular weight excluding hydrogens is 520 g/mol. The molecule has 2 aliphatic heterocycles. The first kappa shape index (κ1) is 26.3. The Morgan fingerprint density at radius 1 is 1.13 bits per heavy atom. The second-order valence-corrected chi connectivity index (χ2v) is 9.66. The minimum Gasteiger partial charge on any atom is -0.490 e. The Kier molecular flexibility index (Phi) is 7.56. The van der Waals surface area contributed by atoms with Crippen molar-refractivity contribution >= 4 is 23.4 Å². The lowest BCUT2D eigenvalue weighted by Gasteiger charge is -2.25. The zero-order valence-corrected chi connectivity index (χ0v) is 22.7. The minimum atomic E-state index is -0.771. The molecule has 0 aliphatic carbocycles. The van der Waals surface area contributed by atoms with Crippen molar-refractivity contribution in [2.24, 2.45) is 4.99 Å². The van der Waals surface area contributed by atoms with Gasteiger partial charge in [-0.1, -0.05) is 36.1 Å². The van der Waals surface area contributed by atoms with E-state index in [0.29, 0.717) is 62.4 Å².